The molecule has 12 heavy (non-hydrogen) atoms. The van der Waals surface area contributed by atoms with Crippen LogP contribution in [0.3, 0.4) is 0 Å². The van der Waals surface area contributed by atoms with Crippen LogP contribution < -0.4 is 0 Å². The molecule has 0 bridgehead atoms. The molecule has 0 aromatic rings. The fourth-order valence-electron chi connectivity index (χ4n) is 0.529. The van der Waals surface area contributed by atoms with E-state index in [-0.39, 0.29) is 30.5 Å². The van der Waals surface area contributed by atoms with Crippen molar-refractivity contribution >= 4 is 15.8 Å². The number of sulfone groups is 1. The highest BCUT2D eigenvalue weighted by Crippen LogP contribution is 1.91. The van der Waals surface area contributed by atoms with Gasteiger partial charge >= 0.3 is 5.97 Å². The van der Waals surface area contributed by atoms with E-state index < -0.39 is 9.84 Å². The van der Waals surface area contributed by atoms with Crippen molar-refractivity contribution in [2.24, 2.45) is 0 Å². The lowest BCUT2D eigenvalue weighted by atomic mass is 10.5. The van der Waals surface area contributed by atoms with E-state index in [1.165, 1.54) is 0 Å². The van der Waals surface area contributed by atoms with E-state index in [1.807, 2.05) is 0 Å². The predicted molar refractivity (Wildman–Crippen MR) is 45.6 cm³/mol. The van der Waals surface area contributed by atoms with Crippen molar-refractivity contribution in [2.45, 2.75) is 20.3 Å². The van der Waals surface area contributed by atoms with Crippen LogP contribution in [-0.4, -0.2) is 32.5 Å². The number of hydrogen-bond acceptors (Lipinski definition) is 4. The maximum atomic E-state index is 10.9. The largest absolute Gasteiger partial charge is 0.465 e. The quantitative estimate of drug-likeness (QED) is 0.593. The highest BCUT2D eigenvalue weighted by Gasteiger charge is 2.08. The van der Waals surface area contributed by atoms with Gasteiger partial charge in [0, 0.05) is 12.2 Å². The maximum absolute atomic E-state index is 10.9. The minimum Gasteiger partial charge on any atom is -0.465 e. The first kappa shape index (κ1) is 11.4. The summed E-state index contributed by atoms with van der Waals surface area (Å²) < 4.78 is 26.4. The van der Waals surface area contributed by atoms with Gasteiger partial charge in [0.15, 0.2) is 9.84 Å². The van der Waals surface area contributed by atoms with E-state index in [9.17, 15) is 13.2 Å². The van der Waals surface area contributed by atoms with Gasteiger partial charge in [-0.05, 0) is 0 Å². The number of carbonyl (C=O) groups is 1. The van der Waals surface area contributed by atoms with Crippen LogP contribution in [0.25, 0.3) is 0 Å². The molecule has 0 spiro atoms. The van der Waals surface area contributed by atoms with Crippen molar-refractivity contribution in [3.05, 3.63) is 0 Å². The molecule has 0 aliphatic rings. The normalized spacial score (nSPS) is 11.2. The van der Waals surface area contributed by atoms with Crippen molar-refractivity contribution in [3.63, 3.8) is 0 Å². The molecule has 0 unspecified atom stereocenters. The van der Waals surface area contributed by atoms with Crippen molar-refractivity contribution in [3.8, 4) is 0 Å². The average Bonchev–Trinajstić information content (AvgIpc) is 2.04. The lowest BCUT2D eigenvalue weighted by Crippen LogP contribution is -2.16. The van der Waals surface area contributed by atoms with E-state index >= 15 is 0 Å². The Morgan fingerprint density at radius 2 is 1.92 bits per heavy atom. The minimum absolute atomic E-state index is 0.0250. The highest BCUT2D eigenvalue weighted by molar-refractivity contribution is 7.91. The zero-order chi connectivity index (χ0) is 9.61. The van der Waals surface area contributed by atoms with E-state index in [0.29, 0.717) is 0 Å². The molecule has 0 radical (unpaired) electrons. The first-order valence-corrected chi connectivity index (χ1v) is 5.70. The molecule has 0 atom stereocenters. The SMILES string of the molecule is CCC(=O)OCCS(=O)(=O)CC. The van der Waals surface area contributed by atoms with Gasteiger partial charge in [-0.3, -0.25) is 4.79 Å². The minimum atomic E-state index is -3.00. The zero-order valence-electron chi connectivity index (χ0n) is 7.37. The molecule has 0 aromatic heterocycles. The number of ether oxygens (including phenoxy) is 1. The summed E-state index contributed by atoms with van der Waals surface area (Å²) in [5.41, 5.74) is 0. The van der Waals surface area contributed by atoms with Crippen LogP contribution in [0.1, 0.15) is 20.3 Å². The maximum Gasteiger partial charge on any atom is 0.305 e. The van der Waals surface area contributed by atoms with Crippen LogP contribution in [0.5, 0.6) is 0 Å². The molecule has 5 heteroatoms. The summed E-state index contributed by atoms with van der Waals surface area (Å²) in [5, 5.41) is 0. The number of carbonyl (C=O) groups excluding carboxylic acids is 1. The second kappa shape index (κ2) is 5.13. The van der Waals surface area contributed by atoms with Gasteiger partial charge in [-0.1, -0.05) is 13.8 Å². The van der Waals surface area contributed by atoms with Gasteiger partial charge in [0.2, 0.25) is 0 Å². The van der Waals surface area contributed by atoms with Crippen LogP contribution in [-0.2, 0) is 19.4 Å². The lowest BCUT2D eigenvalue weighted by molar-refractivity contribution is -0.142. The predicted octanol–water partition coefficient (Wildman–Crippen LogP) is 0.374. The molecule has 72 valence electrons. The highest BCUT2D eigenvalue weighted by atomic mass is 32.2. The van der Waals surface area contributed by atoms with E-state index in [1.54, 1.807) is 13.8 Å². The second-order valence-corrected chi connectivity index (χ2v) is 4.78. The van der Waals surface area contributed by atoms with Crippen molar-refractivity contribution < 1.29 is 17.9 Å². The summed E-state index contributed by atoms with van der Waals surface area (Å²) in [6.45, 7) is 3.20. The molecule has 0 rings (SSSR count). The summed E-state index contributed by atoms with van der Waals surface area (Å²) in [5.74, 6) is -0.340. The van der Waals surface area contributed by atoms with Gasteiger partial charge in [0.1, 0.15) is 6.61 Å². The average molecular weight is 194 g/mol. The number of hydrogen-bond donors (Lipinski definition) is 0. The van der Waals surface area contributed by atoms with E-state index in [4.69, 9.17) is 0 Å². The van der Waals surface area contributed by atoms with Gasteiger partial charge < -0.3 is 4.74 Å². The Kier molecular flexibility index (Phi) is 4.89. The van der Waals surface area contributed by atoms with E-state index in [0.717, 1.165) is 0 Å². The fraction of sp³-hybridized carbons (Fsp3) is 0.857. The van der Waals surface area contributed by atoms with Crippen LogP contribution in [0.2, 0.25) is 0 Å². The first-order valence-electron chi connectivity index (χ1n) is 3.88. The third-order valence-electron chi connectivity index (χ3n) is 1.39. The van der Waals surface area contributed by atoms with Crippen LogP contribution in [0.15, 0.2) is 0 Å². The van der Waals surface area contributed by atoms with Crippen molar-refractivity contribution in [1.29, 1.82) is 0 Å². The lowest BCUT2D eigenvalue weighted by Gasteiger charge is -2.02. The molecule has 0 amide bonds. The van der Waals surface area contributed by atoms with Crippen LogP contribution in [0.4, 0.5) is 0 Å². The smallest absolute Gasteiger partial charge is 0.305 e. The molecular formula is C7H14O4S. The van der Waals surface area contributed by atoms with Crippen LogP contribution >= 0.6 is 0 Å². The Labute approximate surface area is 72.8 Å². The summed E-state index contributed by atoms with van der Waals surface area (Å²) >= 11 is 0. The molecule has 0 saturated carbocycles. The van der Waals surface area contributed by atoms with Gasteiger partial charge in [0.05, 0.1) is 5.75 Å². The fourth-order valence-corrected chi connectivity index (χ4v) is 1.15. The Morgan fingerprint density at radius 1 is 1.33 bits per heavy atom. The van der Waals surface area contributed by atoms with Crippen molar-refractivity contribution in [2.75, 3.05) is 18.1 Å². The van der Waals surface area contributed by atoms with Gasteiger partial charge in [-0.15, -0.1) is 0 Å². The molecule has 0 aliphatic heterocycles. The number of esters is 1. The van der Waals surface area contributed by atoms with E-state index in [2.05, 4.69) is 4.74 Å². The molecule has 0 aliphatic carbocycles. The summed E-state index contributed by atoms with van der Waals surface area (Å²) in [6.07, 6.45) is 0.284. The molecule has 4 nitrogen and oxygen atoms in total. The summed E-state index contributed by atoms with van der Waals surface area (Å²) in [7, 11) is -3.00. The Hall–Kier alpha value is -0.580. The molecular weight excluding hydrogens is 180 g/mol. The topological polar surface area (TPSA) is 60.4 Å². The van der Waals surface area contributed by atoms with Gasteiger partial charge in [0.25, 0.3) is 0 Å². The monoisotopic (exact) mass is 194 g/mol. The Bertz CT molecular complexity index is 230. The number of rotatable bonds is 5. The van der Waals surface area contributed by atoms with Gasteiger partial charge in [-0.2, -0.15) is 0 Å². The Balaban J connectivity index is 3.64. The zero-order valence-corrected chi connectivity index (χ0v) is 8.19. The second-order valence-electron chi connectivity index (χ2n) is 2.31. The molecule has 0 saturated heterocycles. The van der Waals surface area contributed by atoms with Crippen molar-refractivity contribution in [1.82, 2.24) is 0 Å². The third-order valence-corrected chi connectivity index (χ3v) is 3.05. The summed E-state index contributed by atoms with van der Waals surface area (Å²) in [6, 6.07) is 0. The standard InChI is InChI=1S/C7H14O4S/c1-3-7(8)11-5-6-12(9,10)4-2/h3-6H2,1-2H3. The van der Waals surface area contributed by atoms with Gasteiger partial charge in [-0.25, -0.2) is 8.42 Å². The summed E-state index contributed by atoms with van der Waals surface area (Å²) in [4.78, 5) is 10.6. The first-order chi connectivity index (χ1) is 5.52. The van der Waals surface area contributed by atoms with Crippen LogP contribution in [0, 0.1) is 0 Å². The Morgan fingerprint density at radius 3 is 2.33 bits per heavy atom. The molecule has 0 fully saturated rings. The third kappa shape index (κ3) is 5.12. The molecule has 0 aromatic carbocycles. The molecule has 0 N–H and O–H groups in total. The molecule has 0 heterocycles.